The third kappa shape index (κ3) is 5.04. The molecule has 0 heterocycles. The predicted molar refractivity (Wildman–Crippen MR) is 111 cm³/mol. The van der Waals surface area contributed by atoms with Gasteiger partial charge in [0, 0.05) is 12.4 Å². The van der Waals surface area contributed by atoms with Crippen LogP contribution in [-0.2, 0) is 0 Å². The van der Waals surface area contributed by atoms with Gasteiger partial charge in [0.05, 0.1) is 0 Å². The fraction of sp³-hybridized carbons (Fsp3) is 0.458. The second-order valence-electron chi connectivity index (χ2n) is 7.58. The first-order valence-corrected chi connectivity index (χ1v) is 9.56. The number of hydrogen-bond donors (Lipinski definition) is 0. The Bertz CT molecular complexity index is 703. The Morgan fingerprint density at radius 3 is 2.72 bits per heavy atom. The van der Waals surface area contributed by atoms with Crippen LogP contribution >= 0.6 is 0 Å². The van der Waals surface area contributed by atoms with Crippen molar-refractivity contribution in [3.63, 3.8) is 0 Å². The van der Waals surface area contributed by atoms with Crippen molar-refractivity contribution in [2.75, 3.05) is 0 Å². The molecule has 0 bridgehead atoms. The minimum atomic E-state index is 0.540. The summed E-state index contributed by atoms with van der Waals surface area (Å²) in [7, 11) is 0. The van der Waals surface area contributed by atoms with E-state index in [0.717, 1.165) is 6.42 Å². The van der Waals surface area contributed by atoms with Crippen LogP contribution in [0.2, 0.25) is 0 Å². The molecule has 1 heteroatoms. The molecule has 0 saturated carbocycles. The number of benzene rings is 1. The van der Waals surface area contributed by atoms with Crippen LogP contribution in [0.5, 0.6) is 0 Å². The van der Waals surface area contributed by atoms with E-state index in [1.54, 1.807) is 0 Å². The van der Waals surface area contributed by atoms with Gasteiger partial charge in [0.2, 0.25) is 0 Å². The summed E-state index contributed by atoms with van der Waals surface area (Å²) in [5.41, 5.74) is 7.10. The minimum absolute atomic E-state index is 0.540. The molecular weight excluding hydrogens is 302 g/mol. The van der Waals surface area contributed by atoms with E-state index in [1.165, 1.54) is 34.3 Å². The fourth-order valence-corrected chi connectivity index (χ4v) is 3.96. The van der Waals surface area contributed by atoms with E-state index in [4.69, 9.17) is 0 Å². The Labute approximate surface area is 154 Å². The Balaban J connectivity index is 2.27. The Kier molecular flexibility index (Phi) is 6.99. The van der Waals surface area contributed by atoms with Gasteiger partial charge in [-0.25, -0.2) is 0 Å². The van der Waals surface area contributed by atoms with Crippen molar-refractivity contribution in [3.8, 4) is 0 Å². The van der Waals surface area contributed by atoms with Gasteiger partial charge >= 0.3 is 0 Å². The molecule has 0 spiro atoms. The zero-order valence-corrected chi connectivity index (χ0v) is 16.7. The smallest absolute Gasteiger partial charge is 0.0295 e. The van der Waals surface area contributed by atoms with Crippen molar-refractivity contribution in [1.29, 1.82) is 0 Å². The van der Waals surface area contributed by atoms with Crippen molar-refractivity contribution in [2.24, 2.45) is 16.8 Å². The van der Waals surface area contributed by atoms with E-state index in [2.05, 4.69) is 76.0 Å². The lowest BCUT2D eigenvalue weighted by atomic mass is 9.77. The van der Waals surface area contributed by atoms with Crippen LogP contribution in [0.15, 0.2) is 64.3 Å². The van der Waals surface area contributed by atoms with Gasteiger partial charge in [-0.2, -0.15) is 0 Å². The molecule has 1 nitrogen and oxygen atoms in total. The third-order valence-corrected chi connectivity index (χ3v) is 5.28. The van der Waals surface area contributed by atoms with Crippen molar-refractivity contribution in [1.82, 2.24) is 0 Å². The molecular formula is C24H33N. The molecule has 0 saturated heterocycles. The Hall–Kier alpha value is -1.89. The van der Waals surface area contributed by atoms with E-state index in [-0.39, 0.29) is 0 Å². The molecule has 1 aliphatic rings. The monoisotopic (exact) mass is 335 g/mol. The van der Waals surface area contributed by atoms with E-state index >= 15 is 0 Å². The van der Waals surface area contributed by atoms with Crippen LogP contribution in [0.4, 0.5) is 0 Å². The molecule has 0 aromatic heterocycles. The first-order chi connectivity index (χ1) is 11.9. The molecule has 134 valence electrons. The van der Waals surface area contributed by atoms with E-state index in [0.29, 0.717) is 17.8 Å². The van der Waals surface area contributed by atoms with Gasteiger partial charge in [-0.15, -0.1) is 0 Å². The number of allylic oxidation sites excluding steroid dienone is 5. The lowest BCUT2D eigenvalue weighted by molar-refractivity contribution is 0.535. The summed E-state index contributed by atoms with van der Waals surface area (Å²) in [6, 6.07) is 8.94. The number of hydrogen-bond acceptors (Lipinski definition) is 1. The average Bonchev–Trinajstić information content (AvgIpc) is 2.59. The maximum atomic E-state index is 4.35. The molecule has 0 fully saturated rings. The number of nitrogens with zero attached hydrogens (tertiary/aromatic N) is 1. The quantitative estimate of drug-likeness (QED) is 0.496. The highest BCUT2D eigenvalue weighted by Crippen LogP contribution is 2.37. The Morgan fingerprint density at radius 1 is 1.28 bits per heavy atom. The van der Waals surface area contributed by atoms with Gasteiger partial charge in [-0.3, -0.25) is 4.99 Å². The largest absolute Gasteiger partial charge is 0.269 e. The Morgan fingerprint density at radius 2 is 2.04 bits per heavy atom. The molecule has 0 radical (unpaired) electrons. The molecule has 0 amide bonds. The van der Waals surface area contributed by atoms with E-state index in [1.807, 2.05) is 19.3 Å². The molecule has 1 aromatic rings. The molecule has 2 rings (SSSR count). The first-order valence-electron chi connectivity index (χ1n) is 9.56. The number of aryl methyl sites for hydroxylation is 1. The summed E-state index contributed by atoms with van der Waals surface area (Å²) in [6.45, 7) is 13.4. The highest BCUT2D eigenvalue weighted by Gasteiger charge is 2.22. The number of rotatable bonds is 6. The normalized spacial score (nSPS) is 21.0. The molecule has 0 aliphatic heterocycles. The van der Waals surface area contributed by atoms with Gasteiger partial charge in [-0.05, 0) is 73.6 Å². The topological polar surface area (TPSA) is 12.4 Å². The molecule has 25 heavy (non-hydrogen) atoms. The molecule has 3 atom stereocenters. The zero-order valence-electron chi connectivity index (χ0n) is 16.7. The van der Waals surface area contributed by atoms with Crippen LogP contribution in [-0.4, -0.2) is 6.21 Å². The van der Waals surface area contributed by atoms with Crippen LogP contribution in [0, 0.1) is 18.8 Å². The van der Waals surface area contributed by atoms with Crippen LogP contribution < -0.4 is 0 Å². The van der Waals surface area contributed by atoms with E-state index < -0.39 is 0 Å². The minimum Gasteiger partial charge on any atom is -0.269 e. The summed E-state index contributed by atoms with van der Waals surface area (Å²) in [4.78, 5) is 4.35. The third-order valence-electron chi connectivity index (χ3n) is 5.28. The summed E-state index contributed by atoms with van der Waals surface area (Å²) >= 11 is 0. The highest BCUT2D eigenvalue weighted by atomic mass is 14.7. The second kappa shape index (κ2) is 8.99. The second-order valence-corrected chi connectivity index (χ2v) is 7.58. The van der Waals surface area contributed by atoms with E-state index in [9.17, 15) is 0 Å². The zero-order chi connectivity index (χ0) is 18.4. The van der Waals surface area contributed by atoms with Crippen LogP contribution in [0.3, 0.4) is 0 Å². The van der Waals surface area contributed by atoms with Gasteiger partial charge in [0.1, 0.15) is 0 Å². The predicted octanol–water partition coefficient (Wildman–Crippen LogP) is 7.01. The maximum absolute atomic E-state index is 4.35. The van der Waals surface area contributed by atoms with Gasteiger partial charge < -0.3 is 0 Å². The van der Waals surface area contributed by atoms with Crippen molar-refractivity contribution in [3.05, 3.63) is 70.5 Å². The summed E-state index contributed by atoms with van der Waals surface area (Å²) in [6.07, 6.45) is 10.9. The first kappa shape index (κ1) is 19.4. The molecule has 3 unspecified atom stereocenters. The average molecular weight is 336 g/mol. The lowest BCUT2D eigenvalue weighted by Gasteiger charge is -2.28. The van der Waals surface area contributed by atoms with Gasteiger partial charge in [-0.1, -0.05) is 62.8 Å². The molecule has 0 N–H and O–H groups in total. The number of aliphatic imine (C=N–C) groups is 1. The standard InChI is InChI=1S/C24H33N/c1-7-25-16-21(6)24-18(3)11-9-13-23(24)20(5)15-19(4)22-12-8-10-17(2)14-22/h7-10,12-14,16,18-20H,11,15H2,1-6H3/b21-16+,25-7?. The molecule has 1 aliphatic carbocycles. The van der Waals surface area contributed by atoms with Gasteiger partial charge in [0.15, 0.2) is 0 Å². The summed E-state index contributed by atoms with van der Waals surface area (Å²) < 4.78 is 0. The maximum Gasteiger partial charge on any atom is 0.0295 e. The highest BCUT2D eigenvalue weighted by molar-refractivity contribution is 5.55. The van der Waals surface area contributed by atoms with Crippen LogP contribution in [0.1, 0.15) is 64.5 Å². The van der Waals surface area contributed by atoms with Crippen molar-refractivity contribution < 1.29 is 0 Å². The van der Waals surface area contributed by atoms with Crippen LogP contribution in [0.25, 0.3) is 0 Å². The van der Waals surface area contributed by atoms with Crippen molar-refractivity contribution in [2.45, 2.75) is 60.3 Å². The summed E-state index contributed by atoms with van der Waals surface area (Å²) in [5, 5.41) is 0. The van der Waals surface area contributed by atoms with Gasteiger partial charge in [0.25, 0.3) is 0 Å². The fourth-order valence-electron chi connectivity index (χ4n) is 3.96. The summed E-state index contributed by atoms with van der Waals surface area (Å²) in [5.74, 6) is 1.67. The lowest BCUT2D eigenvalue weighted by Crippen LogP contribution is -2.13. The SMILES string of the molecule is CC=N/C=C(\C)C1=C(C(C)CC(C)c2cccc(C)c2)C=CCC1C. The molecule has 1 aromatic carbocycles. The van der Waals surface area contributed by atoms with Crippen molar-refractivity contribution >= 4 is 6.21 Å².